The lowest BCUT2D eigenvalue weighted by Crippen LogP contribution is -2.08. The number of carbonyl (C=O) groups excluding carboxylic acids is 1. The lowest BCUT2D eigenvalue weighted by molar-refractivity contribution is -0.385. The molecule has 20 heavy (non-hydrogen) atoms. The van der Waals surface area contributed by atoms with Gasteiger partial charge in [-0.3, -0.25) is 14.9 Å². The Kier molecular flexibility index (Phi) is 4.37. The van der Waals surface area contributed by atoms with Crippen LogP contribution in [0.5, 0.6) is 0 Å². The number of nitrogens with zero attached hydrogens (tertiary/aromatic N) is 1. The zero-order valence-corrected chi connectivity index (χ0v) is 11.7. The number of hydrogen-bond acceptors (Lipinski definition) is 3. The van der Waals surface area contributed by atoms with Crippen LogP contribution in [0.3, 0.4) is 0 Å². The highest BCUT2D eigenvalue weighted by molar-refractivity contribution is 6.34. The topological polar surface area (TPSA) is 60.2 Å². The standard InChI is InChI=1S/C14H9Cl2NO3/c15-10-4-1-3-9(7-10)8-13(18)14-11(16)5-2-6-12(14)17(19)20/h1-7H,8H2. The van der Waals surface area contributed by atoms with Crippen LogP contribution in [-0.2, 0) is 6.42 Å². The fraction of sp³-hybridized carbons (Fsp3) is 0.0714. The molecule has 0 fully saturated rings. The molecule has 0 aromatic heterocycles. The summed E-state index contributed by atoms with van der Waals surface area (Å²) in [7, 11) is 0. The Morgan fingerprint density at radius 2 is 1.85 bits per heavy atom. The van der Waals surface area contributed by atoms with Gasteiger partial charge >= 0.3 is 0 Å². The minimum atomic E-state index is -0.614. The van der Waals surface area contributed by atoms with Crippen LogP contribution < -0.4 is 0 Å². The van der Waals surface area contributed by atoms with Gasteiger partial charge in [0.25, 0.3) is 5.69 Å². The summed E-state index contributed by atoms with van der Waals surface area (Å²) in [6, 6.07) is 10.9. The van der Waals surface area contributed by atoms with Crippen LogP contribution in [0.25, 0.3) is 0 Å². The molecule has 2 aromatic carbocycles. The largest absolute Gasteiger partial charge is 0.293 e. The van der Waals surface area contributed by atoms with Crippen LogP contribution in [0.4, 0.5) is 5.69 Å². The van der Waals surface area contributed by atoms with E-state index in [0.717, 1.165) is 0 Å². The van der Waals surface area contributed by atoms with E-state index in [-0.39, 0.29) is 22.7 Å². The van der Waals surface area contributed by atoms with Gasteiger partial charge in [-0.2, -0.15) is 0 Å². The first-order valence-corrected chi connectivity index (χ1v) is 6.45. The molecule has 4 nitrogen and oxygen atoms in total. The van der Waals surface area contributed by atoms with Crippen molar-refractivity contribution in [2.75, 3.05) is 0 Å². The third-order valence-electron chi connectivity index (χ3n) is 2.72. The van der Waals surface area contributed by atoms with Crippen molar-refractivity contribution >= 4 is 34.7 Å². The van der Waals surface area contributed by atoms with Crippen LogP contribution in [0.2, 0.25) is 10.0 Å². The maximum atomic E-state index is 12.2. The summed E-state index contributed by atoms with van der Waals surface area (Å²) in [6.07, 6.45) is 0.00509. The minimum absolute atomic E-state index is 0.00509. The monoisotopic (exact) mass is 309 g/mol. The molecule has 0 aliphatic heterocycles. The van der Waals surface area contributed by atoms with Gasteiger partial charge in [-0.05, 0) is 23.8 Å². The highest BCUT2D eigenvalue weighted by Crippen LogP contribution is 2.27. The summed E-state index contributed by atoms with van der Waals surface area (Å²) < 4.78 is 0. The Hall–Kier alpha value is -1.91. The predicted molar refractivity (Wildman–Crippen MR) is 77.6 cm³/mol. The fourth-order valence-corrected chi connectivity index (χ4v) is 2.35. The second-order valence-corrected chi connectivity index (χ2v) is 4.96. The Bertz CT molecular complexity index is 686. The van der Waals surface area contributed by atoms with Crippen molar-refractivity contribution < 1.29 is 9.72 Å². The molecule has 0 unspecified atom stereocenters. The maximum absolute atomic E-state index is 12.2. The van der Waals surface area contributed by atoms with Gasteiger partial charge in [-0.25, -0.2) is 0 Å². The van der Waals surface area contributed by atoms with Gasteiger partial charge in [0.15, 0.2) is 5.78 Å². The Morgan fingerprint density at radius 1 is 1.15 bits per heavy atom. The summed E-state index contributed by atoms with van der Waals surface area (Å²) >= 11 is 11.8. The van der Waals surface area contributed by atoms with Gasteiger partial charge in [0.1, 0.15) is 5.56 Å². The first-order chi connectivity index (χ1) is 9.49. The smallest absolute Gasteiger partial charge is 0.281 e. The van der Waals surface area contributed by atoms with Crippen molar-refractivity contribution in [2.45, 2.75) is 6.42 Å². The van der Waals surface area contributed by atoms with E-state index in [4.69, 9.17) is 23.2 Å². The van der Waals surface area contributed by atoms with Crippen LogP contribution in [0.15, 0.2) is 42.5 Å². The number of halogens is 2. The Morgan fingerprint density at radius 3 is 2.50 bits per heavy atom. The van der Waals surface area contributed by atoms with Crippen molar-refractivity contribution in [3.8, 4) is 0 Å². The van der Waals surface area contributed by atoms with Crippen molar-refractivity contribution in [3.63, 3.8) is 0 Å². The molecular formula is C14H9Cl2NO3. The number of nitro groups is 1. The first kappa shape index (κ1) is 14.5. The highest BCUT2D eigenvalue weighted by Gasteiger charge is 2.23. The number of Topliss-reactive ketones (excluding diaryl/α,β-unsaturated/α-hetero) is 1. The number of carbonyl (C=O) groups is 1. The van der Waals surface area contributed by atoms with Gasteiger partial charge in [0, 0.05) is 17.5 Å². The third kappa shape index (κ3) is 3.15. The van der Waals surface area contributed by atoms with E-state index in [2.05, 4.69) is 0 Å². The Balaban J connectivity index is 2.37. The lowest BCUT2D eigenvalue weighted by Gasteiger charge is -2.05. The van der Waals surface area contributed by atoms with E-state index >= 15 is 0 Å². The molecule has 0 radical (unpaired) electrons. The predicted octanol–water partition coefficient (Wildman–Crippen LogP) is 4.33. The molecule has 0 bridgehead atoms. The summed E-state index contributed by atoms with van der Waals surface area (Å²) in [5.41, 5.74) is 0.320. The van der Waals surface area contributed by atoms with Crippen molar-refractivity contribution in [3.05, 3.63) is 73.8 Å². The van der Waals surface area contributed by atoms with Gasteiger partial charge in [-0.15, -0.1) is 0 Å². The van der Waals surface area contributed by atoms with E-state index in [9.17, 15) is 14.9 Å². The van der Waals surface area contributed by atoms with Gasteiger partial charge in [-0.1, -0.05) is 41.4 Å². The quantitative estimate of drug-likeness (QED) is 0.480. The van der Waals surface area contributed by atoms with Gasteiger partial charge < -0.3 is 0 Å². The van der Waals surface area contributed by atoms with Gasteiger partial charge in [0.05, 0.1) is 9.95 Å². The highest BCUT2D eigenvalue weighted by atomic mass is 35.5. The molecule has 0 spiro atoms. The van der Waals surface area contributed by atoms with E-state index in [1.165, 1.54) is 18.2 Å². The average molecular weight is 310 g/mol. The zero-order valence-electron chi connectivity index (χ0n) is 10.2. The fourth-order valence-electron chi connectivity index (χ4n) is 1.86. The normalized spacial score (nSPS) is 10.3. The summed E-state index contributed by atoms with van der Waals surface area (Å²) in [6.45, 7) is 0. The number of ketones is 1. The van der Waals surface area contributed by atoms with Gasteiger partial charge in [0.2, 0.25) is 0 Å². The van der Waals surface area contributed by atoms with Crippen LogP contribution in [0, 0.1) is 10.1 Å². The minimum Gasteiger partial charge on any atom is -0.293 e. The van der Waals surface area contributed by atoms with E-state index in [0.29, 0.717) is 10.6 Å². The van der Waals surface area contributed by atoms with E-state index < -0.39 is 10.7 Å². The molecule has 2 rings (SSSR count). The number of nitro benzene ring substituents is 1. The zero-order chi connectivity index (χ0) is 14.7. The molecule has 2 aromatic rings. The van der Waals surface area contributed by atoms with E-state index in [1.54, 1.807) is 24.3 Å². The number of benzene rings is 2. The average Bonchev–Trinajstić information content (AvgIpc) is 2.38. The van der Waals surface area contributed by atoms with Crippen LogP contribution in [0.1, 0.15) is 15.9 Å². The van der Waals surface area contributed by atoms with Crippen molar-refractivity contribution in [2.24, 2.45) is 0 Å². The molecule has 0 saturated heterocycles. The molecule has 0 N–H and O–H groups in total. The molecule has 6 heteroatoms. The second kappa shape index (κ2) is 6.03. The van der Waals surface area contributed by atoms with Crippen LogP contribution in [-0.4, -0.2) is 10.7 Å². The van der Waals surface area contributed by atoms with Crippen LogP contribution >= 0.6 is 23.2 Å². The number of hydrogen-bond donors (Lipinski definition) is 0. The first-order valence-electron chi connectivity index (χ1n) is 5.69. The molecule has 0 aliphatic rings. The molecular weight excluding hydrogens is 301 g/mol. The molecule has 0 aliphatic carbocycles. The summed E-state index contributed by atoms with van der Waals surface area (Å²) in [5.74, 6) is -0.412. The van der Waals surface area contributed by atoms with E-state index in [1.807, 2.05) is 0 Å². The van der Waals surface area contributed by atoms with Crippen molar-refractivity contribution in [1.29, 1.82) is 0 Å². The molecule has 0 saturated carbocycles. The SMILES string of the molecule is O=C(Cc1cccc(Cl)c1)c1c(Cl)cccc1[N+](=O)[O-]. The Labute approximate surface area is 125 Å². The molecule has 102 valence electrons. The summed E-state index contributed by atoms with van der Waals surface area (Å²) in [4.78, 5) is 22.6. The molecule has 0 heterocycles. The molecule has 0 amide bonds. The van der Waals surface area contributed by atoms with Crippen molar-refractivity contribution in [1.82, 2.24) is 0 Å². The molecule has 0 atom stereocenters. The third-order valence-corrected chi connectivity index (χ3v) is 3.27. The maximum Gasteiger partial charge on any atom is 0.281 e. The second-order valence-electron chi connectivity index (χ2n) is 4.12. The summed E-state index contributed by atoms with van der Waals surface area (Å²) in [5, 5.41) is 11.5. The number of rotatable bonds is 4. The lowest BCUT2D eigenvalue weighted by atomic mass is 10.0.